The van der Waals surface area contributed by atoms with E-state index in [-0.39, 0.29) is 6.04 Å². The average molecular weight is 129 g/mol. The van der Waals surface area contributed by atoms with E-state index in [4.69, 9.17) is 0 Å². The Morgan fingerprint density at radius 2 is 2.33 bits per heavy atom. The van der Waals surface area contributed by atoms with Crippen molar-refractivity contribution in [3.63, 3.8) is 0 Å². The van der Waals surface area contributed by atoms with Gasteiger partial charge in [0.1, 0.15) is 6.29 Å². The number of aldehydes is 1. The molecule has 0 bridgehead atoms. The third-order valence-electron chi connectivity index (χ3n) is 1.40. The van der Waals surface area contributed by atoms with E-state index in [0.29, 0.717) is 0 Å². The molecule has 0 rings (SSSR count). The van der Waals surface area contributed by atoms with Crippen LogP contribution in [-0.2, 0) is 4.79 Å². The summed E-state index contributed by atoms with van der Waals surface area (Å²) in [5, 5.41) is 2.92. The van der Waals surface area contributed by atoms with Gasteiger partial charge < -0.3 is 10.1 Å². The standard InChI is InChI=1S/C7H15NO/c1-3-4-5-7(6-9)8-2/h6-8H,3-5H2,1-2H3. The molecule has 2 nitrogen and oxygen atoms in total. The maximum absolute atomic E-state index is 10.2. The van der Waals surface area contributed by atoms with Crippen molar-refractivity contribution in [2.45, 2.75) is 32.2 Å². The zero-order chi connectivity index (χ0) is 7.11. The van der Waals surface area contributed by atoms with Gasteiger partial charge in [0.05, 0.1) is 6.04 Å². The van der Waals surface area contributed by atoms with E-state index in [2.05, 4.69) is 12.2 Å². The fourth-order valence-electron chi connectivity index (χ4n) is 0.704. The highest BCUT2D eigenvalue weighted by Crippen LogP contribution is 1.96. The molecule has 1 atom stereocenters. The normalized spacial score (nSPS) is 13.1. The molecular weight excluding hydrogens is 114 g/mol. The summed E-state index contributed by atoms with van der Waals surface area (Å²) in [4.78, 5) is 10.2. The van der Waals surface area contributed by atoms with Crippen LogP contribution in [0.1, 0.15) is 26.2 Å². The number of hydrogen-bond acceptors (Lipinski definition) is 2. The molecule has 0 amide bonds. The Hall–Kier alpha value is -0.370. The predicted molar refractivity (Wildman–Crippen MR) is 38.4 cm³/mol. The zero-order valence-electron chi connectivity index (χ0n) is 6.18. The van der Waals surface area contributed by atoms with Crippen molar-refractivity contribution < 1.29 is 4.79 Å². The highest BCUT2D eigenvalue weighted by atomic mass is 16.1. The van der Waals surface area contributed by atoms with Crippen LogP contribution < -0.4 is 5.32 Å². The second-order valence-electron chi connectivity index (χ2n) is 2.17. The fraction of sp³-hybridized carbons (Fsp3) is 0.857. The second kappa shape index (κ2) is 5.76. The van der Waals surface area contributed by atoms with Crippen molar-refractivity contribution in [2.75, 3.05) is 7.05 Å². The smallest absolute Gasteiger partial charge is 0.136 e. The average Bonchev–Trinajstić information content (AvgIpc) is 1.91. The van der Waals surface area contributed by atoms with E-state index in [0.717, 1.165) is 25.5 Å². The topological polar surface area (TPSA) is 29.1 Å². The van der Waals surface area contributed by atoms with E-state index >= 15 is 0 Å². The van der Waals surface area contributed by atoms with Crippen LogP contribution >= 0.6 is 0 Å². The van der Waals surface area contributed by atoms with Gasteiger partial charge in [-0.1, -0.05) is 19.8 Å². The van der Waals surface area contributed by atoms with Crippen LogP contribution in [0.15, 0.2) is 0 Å². The monoisotopic (exact) mass is 129 g/mol. The number of carbonyl (C=O) groups is 1. The molecule has 0 fully saturated rings. The highest BCUT2D eigenvalue weighted by Gasteiger charge is 2.00. The molecule has 9 heavy (non-hydrogen) atoms. The van der Waals surface area contributed by atoms with Gasteiger partial charge >= 0.3 is 0 Å². The molecule has 0 aliphatic carbocycles. The van der Waals surface area contributed by atoms with Crippen LogP contribution in [-0.4, -0.2) is 19.4 Å². The fourth-order valence-corrected chi connectivity index (χ4v) is 0.704. The lowest BCUT2D eigenvalue weighted by molar-refractivity contribution is -0.109. The molecule has 1 N–H and O–H groups in total. The summed E-state index contributed by atoms with van der Waals surface area (Å²) in [6.07, 6.45) is 4.22. The van der Waals surface area contributed by atoms with Gasteiger partial charge in [0.15, 0.2) is 0 Å². The lowest BCUT2D eigenvalue weighted by atomic mass is 10.1. The summed E-state index contributed by atoms with van der Waals surface area (Å²) >= 11 is 0. The third-order valence-corrected chi connectivity index (χ3v) is 1.40. The molecule has 0 aliphatic rings. The van der Waals surface area contributed by atoms with E-state index in [1.165, 1.54) is 0 Å². The van der Waals surface area contributed by atoms with Gasteiger partial charge in [-0.2, -0.15) is 0 Å². The first kappa shape index (κ1) is 8.63. The predicted octanol–water partition coefficient (Wildman–Crippen LogP) is 0.964. The number of rotatable bonds is 5. The van der Waals surface area contributed by atoms with Crippen LogP contribution in [0.25, 0.3) is 0 Å². The minimum atomic E-state index is 0.0740. The quantitative estimate of drug-likeness (QED) is 0.560. The van der Waals surface area contributed by atoms with Crippen LogP contribution in [0.3, 0.4) is 0 Å². The van der Waals surface area contributed by atoms with Crippen molar-refractivity contribution >= 4 is 6.29 Å². The van der Waals surface area contributed by atoms with Crippen LogP contribution in [0, 0.1) is 0 Å². The SMILES string of the molecule is CCCCC(C=O)NC. The molecule has 0 aromatic carbocycles. The maximum atomic E-state index is 10.2. The molecule has 0 heterocycles. The van der Waals surface area contributed by atoms with E-state index in [1.54, 1.807) is 0 Å². The molecule has 0 aliphatic heterocycles. The number of carbonyl (C=O) groups excluding carboxylic acids is 1. The Bertz CT molecular complexity index is 73.3. The summed E-state index contributed by atoms with van der Waals surface area (Å²) in [5.74, 6) is 0. The highest BCUT2D eigenvalue weighted by molar-refractivity contribution is 5.57. The number of nitrogens with one attached hydrogen (secondary N) is 1. The van der Waals surface area contributed by atoms with Gasteiger partial charge in [-0.05, 0) is 13.5 Å². The molecule has 2 heteroatoms. The minimum Gasteiger partial charge on any atom is -0.311 e. The summed E-state index contributed by atoms with van der Waals surface area (Å²) in [6.45, 7) is 2.12. The van der Waals surface area contributed by atoms with Gasteiger partial charge in [0.25, 0.3) is 0 Å². The van der Waals surface area contributed by atoms with Gasteiger partial charge in [-0.15, -0.1) is 0 Å². The van der Waals surface area contributed by atoms with Crippen molar-refractivity contribution in [2.24, 2.45) is 0 Å². The Kier molecular flexibility index (Phi) is 5.52. The maximum Gasteiger partial charge on any atom is 0.136 e. The molecule has 0 spiro atoms. The Morgan fingerprint density at radius 1 is 1.67 bits per heavy atom. The molecule has 1 unspecified atom stereocenters. The molecule has 0 aromatic heterocycles. The Balaban J connectivity index is 3.20. The molecular formula is C7H15NO. The lowest BCUT2D eigenvalue weighted by Gasteiger charge is -2.05. The Morgan fingerprint density at radius 3 is 2.67 bits per heavy atom. The van der Waals surface area contributed by atoms with Crippen molar-refractivity contribution in [1.82, 2.24) is 5.32 Å². The van der Waals surface area contributed by atoms with Gasteiger partial charge in [0.2, 0.25) is 0 Å². The Labute approximate surface area is 56.6 Å². The number of hydrogen-bond donors (Lipinski definition) is 1. The van der Waals surface area contributed by atoms with Crippen molar-refractivity contribution in [1.29, 1.82) is 0 Å². The second-order valence-corrected chi connectivity index (χ2v) is 2.17. The van der Waals surface area contributed by atoms with E-state index < -0.39 is 0 Å². The number of likely N-dealkylation sites (N-methyl/N-ethyl adjacent to an activating group) is 1. The lowest BCUT2D eigenvalue weighted by Crippen LogP contribution is -2.26. The molecule has 54 valence electrons. The minimum absolute atomic E-state index is 0.0740. The van der Waals surface area contributed by atoms with Crippen LogP contribution in [0.4, 0.5) is 0 Å². The van der Waals surface area contributed by atoms with Gasteiger partial charge in [-0.25, -0.2) is 0 Å². The third kappa shape index (κ3) is 4.15. The summed E-state index contributed by atoms with van der Waals surface area (Å²) in [5.41, 5.74) is 0. The first-order valence-corrected chi connectivity index (χ1v) is 3.47. The first-order valence-electron chi connectivity index (χ1n) is 3.47. The van der Waals surface area contributed by atoms with E-state index in [9.17, 15) is 4.79 Å². The largest absolute Gasteiger partial charge is 0.311 e. The van der Waals surface area contributed by atoms with Crippen LogP contribution in [0.5, 0.6) is 0 Å². The first-order chi connectivity index (χ1) is 4.35. The molecule has 0 saturated carbocycles. The van der Waals surface area contributed by atoms with Crippen molar-refractivity contribution in [3.05, 3.63) is 0 Å². The van der Waals surface area contributed by atoms with Gasteiger partial charge in [-0.3, -0.25) is 0 Å². The van der Waals surface area contributed by atoms with Gasteiger partial charge in [0, 0.05) is 0 Å². The summed E-state index contributed by atoms with van der Waals surface area (Å²) in [7, 11) is 1.81. The van der Waals surface area contributed by atoms with Crippen molar-refractivity contribution in [3.8, 4) is 0 Å². The van der Waals surface area contributed by atoms with E-state index in [1.807, 2.05) is 7.05 Å². The molecule has 0 radical (unpaired) electrons. The summed E-state index contributed by atoms with van der Waals surface area (Å²) < 4.78 is 0. The van der Waals surface area contributed by atoms with Crippen LogP contribution in [0.2, 0.25) is 0 Å². The summed E-state index contributed by atoms with van der Waals surface area (Å²) in [6, 6.07) is 0.0740. The molecule has 0 saturated heterocycles. The molecule has 0 aromatic rings. The number of unbranched alkanes of at least 4 members (excludes halogenated alkanes) is 1. The zero-order valence-corrected chi connectivity index (χ0v) is 6.18.